The number of likely N-dealkylation sites (N-methyl/N-ethyl adjacent to an activating group) is 1. The smallest absolute Gasteiger partial charge is 0.142 e. The lowest BCUT2D eigenvalue weighted by Gasteiger charge is -2.19. The lowest BCUT2D eigenvalue weighted by Crippen LogP contribution is -2.30. The van der Waals surface area contributed by atoms with Crippen LogP contribution in [0.1, 0.15) is 11.1 Å². The molecule has 0 unspecified atom stereocenters. The van der Waals surface area contributed by atoms with Crippen molar-refractivity contribution in [2.45, 2.75) is 13.8 Å². The molecule has 0 aliphatic rings. The molecule has 0 radical (unpaired) electrons. The average molecular weight is 482 g/mol. The molecule has 5 aromatic rings. The van der Waals surface area contributed by atoms with E-state index in [4.69, 9.17) is 4.42 Å². The summed E-state index contributed by atoms with van der Waals surface area (Å²) in [5.74, 6) is 0. The third kappa shape index (κ3) is 4.70. The highest BCUT2D eigenvalue weighted by molar-refractivity contribution is 5.98. The van der Waals surface area contributed by atoms with E-state index < -0.39 is 0 Å². The van der Waals surface area contributed by atoms with Crippen LogP contribution in [-0.2, 0) is 0 Å². The number of benzene rings is 3. The van der Waals surface area contributed by atoms with Gasteiger partial charge in [0.2, 0.25) is 0 Å². The summed E-state index contributed by atoms with van der Waals surface area (Å²) in [4.78, 5) is 6.76. The summed E-state index contributed by atoms with van der Waals surface area (Å²) >= 11 is 0. The van der Waals surface area contributed by atoms with Gasteiger partial charge in [0.25, 0.3) is 0 Å². The van der Waals surface area contributed by atoms with Gasteiger partial charge in [-0.05, 0) is 62.4 Å². The number of nitrogens with zero attached hydrogens (tertiary/aromatic N) is 3. The Bertz CT molecular complexity index is 1610. The third-order valence-electron chi connectivity index (χ3n) is 6.56. The van der Waals surface area contributed by atoms with Gasteiger partial charge in [0.15, 0.2) is 0 Å². The molecule has 0 atom stereocenters. The molecule has 5 rings (SSSR count). The maximum absolute atomic E-state index is 9.87. The first kappa shape index (κ1) is 23.6. The number of pyridine rings is 1. The second-order valence-corrected chi connectivity index (χ2v) is 9.22. The van der Waals surface area contributed by atoms with Gasteiger partial charge in [0, 0.05) is 54.5 Å². The van der Waals surface area contributed by atoms with E-state index in [1.165, 1.54) is 5.56 Å². The number of para-hydroxylation sites is 1. The van der Waals surface area contributed by atoms with Crippen LogP contribution in [0.5, 0.6) is 0 Å². The molecule has 2 heterocycles. The summed E-state index contributed by atoms with van der Waals surface area (Å²) in [7, 11) is 2.11. The zero-order valence-electron chi connectivity index (χ0n) is 20.9. The van der Waals surface area contributed by atoms with Gasteiger partial charge in [0.05, 0.1) is 10.9 Å². The molecule has 3 aromatic carbocycles. The van der Waals surface area contributed by atoms with E-state index in [2.05, 4.69) is 57.8 Å². The van der Waals surface area contributed by atoms with E-state index in [1.54, 1.807) is 0 Å². The molecule has 7 nitrogen and oxygen atoms in total. The van der Waals surface area contributed by atoms with E-state index in [0.717, 1.165) is 70.4 Å². The molecule has 0 amide bonds. The fourth-order valence-corrected chi connectivity index (χ4v) is 4.59. The highest BCUT2D eigenvalue weighted by Crippen LogP contribution is 2.27. The number of nitrogens with one attached hydrogen (secondary N) is 2. The molecule has 0 fully saturated rings. The topological polar surface area (TPSA) is 85.9 Å². The maximum atomic E-state index is 9.87. The normalized spacial score (nSPS) is 12.2. The van der Waals surface area contributed by atoms with Crippen LogP contribution in [0.4, 0.5) is 11.4 Å². The van der Waals surface area contributed by atoms with Crippen molar-refractivity contribution in [3.63, 3.8) is 0 Å². The van der Waals surface area contributed by atoms with Crippen molar-refractivity contribution in [3.05, 3.63) is 83.3 Å². The van der Waals surface area contributed by atoms with Crippen molar-refractivity contribution in [1.29, 1.82) is 0 Å². The van der Waals surface area contributed by atoms with Gasteiger partial charge in [0.1, 0.15) is 16.5 Å². The minimum Gasteiger partial charge on any atom is -0.456 e. The number of aromatic nitrogens is 1. The van der Waals surface area contributed by atoms with Crippen molar-refractivity contribution in [2.24, 2.45) is 5.16 Å². The standard InChI is InChI=1S/C29H31N5O2/c1-19-8-10-21-23(12-13-30-25(21)18-19)31-14-16-34(3)17-15-32-24-11-9-20(2)29-27(24)28(33-35)22-6-4-5-7-26(22)36-29/h4-13,18,32,35H,14-17H2,1-3H3,(H,30,31)/b33-28+. The summed E-state index contributed by atoms with van der Waals surface area (Å²) in [5.41, 5.74) is 6.63. The molecule has 0 aliphatic heterocycles. The highest BCUT2D eigenvalue weighted by Gasteiger charge is 2.13. The summed E-state index contributed by atoms with van der Waals surface area (Å²) in [6, 6.07) is 20.1. The largest absolute Gasteiger partial charge is 0.456 e. The van der Waals surface area contributed by atoms with Gasteiger partial charge in [-0.1, -0.05) is 35.5 Å². The van der Waals surface area contributed by atoms with Crippen LogP contribution < -0.4 is 16.0 Å². The Morgan fingerprint density at radius 1 is 0.917 bits per heavy atom. The fourth-order valence-electron chi connectivity index (χ4n) is 4.59. The molecule has 7 heteroatoms. The molecular weight excluding hydrogens is 450 g/mol. The van der Waals surface area contributed by atoms with Crippen molar-refractivity contribution >= 4 is 44.2 Å². The van der Waals surface area contributed by atoms with Gasteiger partial charge in [-0.25, -0.2) is 0 Å². The molecule has 0 aliphatic carbocycles. The summed E-state index contributed by atoms with van der Waals surface area (Å²) < 4.78 is 6.19. The summed E-state index contributed by atoms with van der Waals surface area (Å²) in [5, 5.41) is 23.8. The quantitative estimate of drug-likeness (QED) is 0.154. The molecule has 184 valence electrons. The monoisotopic (exact) mass is 481 g/mol. The van der Waals surface area contributed by atoms with Crippen molar-refractivity contribution < 1.29 is 9.62 Å². The molecule has 3 N–H and O–H groups in total. The Morgan fingerprint density at radius 3 is 2.50 bits per heavy atom. The zero-order chi connectivity index (χ0) is 25.1. The Morgan fingerprint density at radius 2 is 1.69 bits per heavy atom. The summed E-state index contributed by atoms with van der Waals surface area (Å²) in [6.07, 6.45) is 1.85. The summed E-state index contributed by atoms with van der Waals surface area (Å²) in [6.45, 7) is 7.39. The minimum atomic E-state index is 0.523. The van der Waals surface area contributed by atoms with Crippen LogP contribution >= 0.6 is 0 Å². The lowest BCUT2D eigenvalue weighted by molar-refractivity contribution is 0.303. The molecule has 0 saturated heterocycles. The third-order valence-corrected chi connectivity index (χ3v) is 6.56. The highest BCUT2D eigenvalue weighted by atomic mass is 16.4. The maximum Gasteiger partial charge on any atom is 0.142 e. The van der Waals surface area contributed by atoms with Crippen LogP contribution in [0.3, 0.4) is 0 Å². The number of anilines is 2. The molecule has 0 saturated carbocycles. The van der Waals surface area contributed by atoms with Gasteiger partial charge >= 0.3 is 0 Å². The van der Waals surface area contributed by atoms with Crippen LogP contribution in [-0.4, -0.2) is 48.3 Å². The van der Waals surface area contributed by atoms with Crippen molar-refractivity contribution in [2.75, 3.05) is 43.9 Å². The average Bonchev–Trinajstić information content (AvgIpc) is 2.89. The van der Waals surface area contributed by atoms with Crippen LogP contribution in [0, 0.1) is 13.8 Å². The van der Waals surface area contributed by atoms with Crippen molar-refractivity contribution in [1.82, 2.24) is 9.88 Å². The Kier molecular flexibility index (Phi) is 6.73. The number of aryl methyl sites for hydroxylation is 2. The first-order valence-electron chi connectivity index (χ1n) is 12.2. The molecule has 2 aromatic heterocycles. The van der Waals surface area contributed by atoms with E-state index in [9.17, 15) is 5.21 Å². The SMILES string of the molecule is Cc1ccc2c(NCCN(C)CCNc3ccc(C)c4oc5ccccc5/c(=N\O)c34)ccnc2c1. The minimum absolute atomic E-state index is 0.523. The van der Waals surface area contributed by atoms with E-state index in [-0.39, 0.29) is 0 Å². The van der Waals surface area contributed by atoms with Gasteiger partial charge in [-0.15, -0.1) is 0 Å². The number of fused-ring (bicyclic) bond motifs is 3. The Labute approximate surface area is 210 Å². The van der Waals surface area contributed by atoms with Crippen LogP contribution in [0.2, 0.25) is 0 Å². The number of rotatable bonds is 8. The van der Waals surface area contributed by atoms with Crippen LogP contribution in [0.25, 0.3) is 32.8 Å². The first-order chi connectivity index (χ1) is 17.5. The Balaban J connectivity index is 1.24. The van der Waals surface area contributed by atoms with E-state index in [1.807, 2.05) is 55.6 Å². The molecule has 0 bridgehead atoms. The van der Waals surface area contributed by atoms with E-state index in [0.29, 0.717) is 10.9 Å². The van der Waals surface area contributed by atoms with Gasteiger partial charge in [-0.2, -0.15) is 0 Å². The number of hydrogen-bond acceptors (Lipinski definition) is 7. The van der Waals surface area contributed by atoms with E-state index >= 15 is 0 Å². The predicted molar refractivity (Wildman–Crippen MR) is 147 cm³/mol. The lowest BCUT2D eigenvalue weighted by atomic mass is 10.1. The van der Waals surface area contributed by atoms with Crippen LogP contribution in [0.15, 0.2) is 76.4 Å². The fraction of sp³-hybridized carbons (Fsp3) is 0.241. The second kappa shape index (κ2) is 10.3. The van der Waals surface area contributed by atoms with Gasteiger partial charge in [-0.3, -0.25) is 4.98 Å². The van der Waals surface area contributed by atoms with Crippen molar-refractivity contribution in [3.8, 4) is 0 Å². The molecule has 0 spiro atoms. The predicted octanol–water partition coefficient (Wildman–Crippen LogP) is 5.50. The molecular formula is C29H31N5O2. The molecule has 36 heavy (non-hydrogen) atoms. The van der Waals surface area contributed by atoms with Gasteiger partial charge < -0.3 is 25.2 Å². The number of hydrogen-bond donors (Lipinski definition) is 3. The second-order valence-electron chi connectivity index (χ2n) is 9.22. The Hall–Kier alpha value is -4.10. The zero-order valence-corrected chi connectivity index (χ0v) is 20.9. The first-order valence-corrected chi connectivity index (χ1v) is 12.2.